The van der Waals surface area contributed by atoms with Gasteiger partial charge in [-0.25, -0.2) is 4.98 Å². The molecule has 0 saturated carbocycles. The average Bonchev–Trinajstić information content (AvgIpc) is 2.75. The number of benzene rings is 1. The molecule has 0 radical (unpaired) electrons. The molecular weight excluding hydrogens is 210 g/mol. The van der Waals surface area contributed by atoms with E-state index in [0.717, 1.165) is 29.0 Å². The molecule has 1 saturated heterocycles. The minimum absolute atomic E-state index is 0.605. The zero-order chi connectivity index (χ0) is 11.8. The molecule has 0 amide bonds. The Morgan fingerprint density at radius 1 is 1.29 bits per heavy atom. The molecule has 1 fully saturated rings. The average molecular weight is 227 g/mol. The second kappa shape index (κ2) is 3.91. The first kappa shape index (κ1) is 10.4. The van der Waals surface area contributed by atoms with Gasteiger partial charge in [-0.3, -0.25) is 0 Å². The maximum atomic E-state index is 5.77. The number of pyridine rings is 1. The Morgan fingerprint density at radius 3 is 2.94 bits per heavy atom. The summed E-state index contributed by atoms with van der Waals surface area (Å²) in [5, 5.41) is 1.11. The second-order valence-electron chi connectivity index (χ2n) is 4.81. The van der Waals surface area contributed by atoms with E-state index in [0.29, 0.717) is 6.04 Å². The predicted molar refractivity (Wildman–Crippen MR) is 72.2 cm³/mol. The molecule has 0 spiro atoms. The second-order valence-corrected chi connectivity index (χ2v) is 4.81. The van der Waals surface area contributed by atoms with E-state index >= 15 is 0 Å². The molecule has 1 aliphatic rings. The topological polar surface area (TPSA) is 42.1 Å². The van der Waals surface area contributed by atoms with Crippen molar-refractivity contribution in [1.82, 2.24) is 4.98 Å². The summed E-state index contributed by atoms with van der Waals surface area (Å²) in [6.45, 7) is 3.39. The summed E-state index contributed by atoms with van der Waals surface area (Å²) in [5.41, 5.74) is 7.58. The van der Waals surface area contributed by atoms with E-state index < -0.39 is 0 Å². The smallest absolute Gasteiger partial charge is 0.129 e. The van der Waals surface area contributed by atoms with Crippen LogP contribution in [0.3, 0.4) is 0 Å². The molecule has 1 unspecified atom stereocenters. The molecular formula is C14H17N3. The first-order valence-electron chi connectivity index (χ1n) is 6.17. The number of fused-ring (bicyclic) bond motifs is 1. The fraction of sp³-hybridized carbons (Fsp3) is 0.357. The van der Waals surface area contributed by atoms with E-state index in [2.05, 4.69) is 24.0 Å². The van der Waals surface area contributed by atoms with Crippen LogP contribution in [0.2, 0.25) is 0 Å². The summed E-state index contributed by atoms with van der Waals surface area (Å²) >= 11 is 0. The van der Waals surface area contributed by atoms with Crippen molar-refractivity contribution >= 4 is 22.4 Å². The van der Waals surface area contributed by atoms with Crippen molar-refractivity contribution in [3.8, 4) is 0 Å². The molecule has 3 heteroatoms. The molecule has 0 aliphatic carbocycles. The molecule has 3 nitrogen and oxygen atoms in total. The lowest BCUT2D eigenvalue weighted by Gasteiger charge is -2.22. The highest BCUT2D eigenvalue weighted by molar-refractivity contribution is 5.83. The highest BCUT2D eigenvalue weighted by Gasteiger charge is 2.21. The van der Waals surface area contributed by atoms with Crippen molar-refractivity contribution in [3.63, 3.8) is 0 Å². The van der Waals surface area contributed by atoms with Crippen LogP contribution in [0.5, 0.6) is 0 Å². The maximum Gasteiger partial charge on any atom is 0.129 e. The standard InChI is InChI=1S/C14H17N3/c1-10-3-2-8-17(10)14-7-4-11-9-12(15)5-6-13(11)16-14/h4-7,9-10H,2-3,8,15H2,1H3. The quantitative estimate of drug-likeness (QED) is 0.762. The third-order valence-electron chi connectivity index (χ3n) is 3.55. The molecule has 2 aromatic rings. The molecule has 2 N–H and O–H groups in total. The number of rotatable bonds is 1. The van der Waals surface area contributed by atoms with Gasteiger partial charge in [-0.2, -0.15) is 0 Å². The Morgan fingerprint density at radius 2 is 2.18 bits per heavy atom. The molecule has 1 aromatic carbocycles. The highest BCUT2D eigenvalue weighted by Crippen LogP contribution is 2.26. The number of nitrogens with zero attached hydrogens (tertiary/aromatic N) is 2. The van der Waals surface area contributed by atoms with Gasteiger partial charge in [0.15, 0.2) is 0 Å². The van der Waals surface area contributed by atoms with Crippen LogP contribution in [0.1, 0.15) is 19.8 Å². The number of hydrogen-bond acceptors (Lipinski definition) is 3. The lowest BCUT2D eigenvalue weighted by atomic mass is 10.2. The van der Waals surface area contributed by atoms with Crippen LogP contribution >= 0.6 is 0 Å². The van der Waals surface area contributed by atoms with Crippen molar-refractivity contribution in [3.05, 3.63) is 30.3 Å². The van der Waals surface area contributed by atoms with Crippen LogP contribution in [0.25, 0.3) is 10.9 Å². The van der Waals surface area contributed by atoms with E-state index in [1.807, 2.05) is 18.2 Å². The number of aromatic nitrogens is 1. The number of nitrogen functional groups attached to an aromatic ring is 1. The van der Waals surface area contributed by atoms with Crippen molar-refractivity contribution in [2.45, 2.75) is 25.8 Å². The van der Waals surface area contributed by atoms with Gasteiger partial charge in [0.1, 0.15) is 5.82 Å². The Bertz CT molecular complexity index is 550. The molecule has 1 atom stereocenters. The summed E-state index contributed by atoms with van der Waals surface area (Å²) in [5.74, 6) is 1.09. The first-order chi connectivity index (χ1) is 8.24. The monoisotopic (exact) mass is 227 g/mol. The lowest BCUT2D eigenvalue weighted by molar-refractivity contribution is 0.728. The molecule has 88 valence electrons. The van der Waals surface area contributed by atoms with E-state index in [1.54, 1.807) is 0 Å². The summed E-state index contributed by atoms with van der Waals surface area (Å²) in [6, 6.07) is 10.7. The van der Waals surface area contributed by atoms with Crippen LogP contribution in [-0.2, 0) is 0 Å². The number of hydrogen-bond donors (Lipinski definition) is 1. The van der Waals surface area contributed by atoms with Crippen LogP contribution in [-0.4, -0.2) is 17.6 Å². The summed E-state index contributed by atoms with van der Waals surface area (Å²) in [7, 11) is 0. The third kappa shape index (κ3) is 1.82. The van der Waals surface area contributed by atoms with Crippen LogP contribution < -0.4 is 10.6 Å². The lowest BCUT2D eigenvalue weighted by Crippen LogP contribution is -2.27. The summed E-state index contributed by atoms with van der Waals surface area (Å²) in [6.07, 6.45) is 2.53. The van der Waals surface area contributed by atoms with Crippen molar-refractivity contribution in [2.75, 3.05) is 17.2 Å². The molecule has 1 aliphatic heterocycles. The maximum absolute atomic E-state index is 5.77. The Labute approximate surface area is 101 Å². The van der Waals surface area contributed by atoms with Gasteiger partial charge in [0, 0.05) is 23.7 Å². The van der Waals surface area contributed by atoms with E-state index in [-0.39, 0.29) is 0 Å². The van der Waals surface area contributed by atoms with Crippen LogP contribution in [0.15, 0.2) is 30.3 Å². The fourth-order valence-electron chi connectivity index (χ4n) is 2.57. The SMILES string of the molecule is CC1CCCN1c1ccc2cc(N)ccc2n1. The van der Waals surface area contributed by atoms with Gasteiger partial charge in [-0.1, -0.05) is 0 Å². The molecule has 17 heavy (non-hydrogen) atoms. The van der Waals surface area contributed by atoms with Crippen molar-refractivity contribution < 1.29 is 0 Å². The van der Waals surface area contributed by atoms with Gasteiger partial charge in [0.2, 0.25) is 0 Å². The largest absolute Gasteiger partial charge is 0.399 e. The molecule has 1 aromatic heterocycles. The van der Waals surface area contributed by atoms with Gasteiger partial charge in [0.25, 0.3) is 0 Å². The molecule has 3 rings (SSSR count). The van der Waals surface area contributed by atoms with E-state index in [9.17, 15) is 0 Å². The van der Waals surface area contributed by atoms with Crippen molar-refractivity contribution in [1.29, 1.82) is 0 Å². The van der Waals surface area contributed by atoms with Gasteiger partial charge < -0.3 is 10.6 Å². The normalized spacial score (nSPS) is 20.1. The van der Waals surface area contributed by atoms with Crippen LogP contribution in [0.4, 0.5) is 11.5 Å². The predicted octanol–water partition coefficient (Wildman–Crippen LogP) is 2.81. The van der Waals surface area contributed by atoms with Gasteiger partial charge in [-0.05, 0) is 50.1 Å². The van der Waals surface area contributed by atoms with E-state index in [1.165, 1.54) is 12.8 Å². The highest BCUT2D eigenvalue weighted by atomic mass is 15.2. The Kier molecular flexibility index (Phi) is 2.39. The first-order valence-corrected chi connectivity index (χ1v) is 6.17. The zero-order valence-corrected chi connectivity index (χ0v) is 10.1. The van der Waals surface area contributed by atoms with Crippen molar-refractivity contribution in [2.24, 2.45) is 0 Å². The fourth-order valence-corrected chi connectivity index (χ4v) is 2.57. The molecule has 0 bridgehead atoms. The third-order valence-corrected chi connectivity index (χ3v) is 3.55. The minimum atomic E-state index is 0.605. The number of nitrogens with two attached hydrogens (primary N) is 1. The van der Waals surface area contributed by atoms with Gasteiger partial charge in [-0.15, -0.1) is 0 Å². The Balaban J connectivity index is 2.04. The van der Waals surface area contributed by atoms with Crippen LogP contribution in [0, 0.1) is 0 Å². The van der Waals surface area contributed by atoms with Gasteiger partial charge in [0.05, 0.1) is 5.52 Å². The number of anilines is 2. The van der Waals surface area contributed by atoms with E-state index in [4.69, 9.17) is 10.7 Å². The Hall–Kier alpha value is -1.77. The minimum Gasteiger partial charge on any atom is -0.399 e. The molecule has 2 heterocycles. The summed E-state index contributed by atoms with van der Waals surface area (Å²) in [4.78, 5) is 7.10. The summed E-state index contributed by atoms with van der Waals surface area (Å²) < 4.78 is 0. The zero-order valence-electron chi connectivity index (χ0n) is 10.1. The van der Waals surface area contributed by atoms with Gasteiger partial charge >= 0.3 is 0 Å².